The van der Waals surface area contributed by atoms with Crippen molar-refractivity contribution in [2.24, 2.45) is 5.92 Å². The molecule has 2 saturated heterocycles. The molecule has 1 amide bonds. The number of likely N-dealkylation sites (tertiary alicyclic amines) is 1. The molecule has 0 radical (unpaired) electrons. The fraction of sp³-hybridized carbons (Fsp3) is 0.550. The van der Waals surface area contributed by atoms with Gasteiger partial charge in [0.05, 0.1) is 6.20 Å². The molecule has 1 atom stereocenters. The Balaban J connectivity index is 1.45. The van der Waals surface area contributed by atoms with Crippen molar-refractivity contribution >= 4 is 15.9 Å². The smallest absolute Gasteiger partial charge is 0.404 e. The first kappa shape index (κ1) is 23.5. The highest BCUT2D eigenvalue weighted by Gasteiger charge is 2.37. The molecule has 2 fully saturated rings. The molecular formula is C20H24F3N5O4S. The summed E-state index contributed by atoms with van der Waals surface area (Å²) in [6.07, 6.45) is -0.275. The normalized spacial score (nSPS) is 20.2. The highest BCUT2D eigenvalue weighted by atomic mass is 32.2. The van der Waals surface area contributed by atoms with Gasteiger partial charge >= 0.3 is 6.36 Å². The summed E-state index contributed by atoms with van der Waals surface area (Å²) in [5.41, 5.74) is 0.246. The van der Waals surface area contributed by atoms with Gasteiger partial charge in [-0.25, -0.2) is 8.42 Å². The first-order chi connectivity index (χ1) is 15.6. The summed E-state index contributed by atoms with van der Waals surface area (Å²) in [6, 6.07) is 4.72. The van der Waals surface area contributed by atoms with Gasteiger partial charge in [-0.2, -0.15) is 4.31 Å². The Bertz CT molecular complexity index is 1100. The molecular weight excluding hydrogens is 463 g/mol. The molecule has 1 aromatic carbocycles. The van der Waals surface area contributed by atoms with E-state index >= 15 is 0 Å². The lowest BCUT2D eigenvalue weighted by molar-refractivity contribution is -0.275. The van der Waals surface area contributed by atoms with Crippen molar-refractivity contribution in [3.05, 3.63) is 36.2 Å². The Morgan fingerprint density at radius 2 is 1.85 bits per heavy atom. The van der Waals surface area contributed by atoms with Crippen LogP contribution in [-0.2, 0) is 16.6 Å². The van der Waals surface area contributed by atoms with Gasteiger partial charge in [0.1, 0.15) is 10.6 Å². The van der Waals surface area contributed by atoms with Crippen molar-refractivity contribution < 1.29 is 31.1 Å². The third-order valence-corrected chi connectivity index (χ3v) is 7.68. The lowest BCUT2D eigenvalue weighted by atomic mass is 10.00. The zero-order valence-electron chi connectivity index (χ0n) is 17.7. The third-order valence-electron chi connectivity index (χ3n) is 5.77. The van der Waals surface area contributed by atoms with Crippen LogP contribution in [0.15, 0.2) is 35.4 Å². The lowest BCUT2D eigenvalue weighted by Crippen LogP contribution is -2.41. The molecule has 13 heteroatoms. The molecule has 0 spiro atoms. The van der Waals surface area contributed by atoms with Gasteiger partial charge in [0.2, 0.25) is 10.0 Å². The summed E-state index contributed by atoms with van der Waals surface area (Å²) in [5, 5.41) is 7.96. The van der Waals surface area contributed by atoms with Crippen molar-refractivity contribution in [2.75, 3.05) is 26.2 Å². The standard InChI is InChI=1S/C20H24F3N5O4S/c21-20(22,23)32-17-7-1-2-8-18(17)33(30,31)28-11-5-6-15(13-28)12-27-14-16(24-25-27)19(29)26-9-3-4-10-26/h1-2,7-8,14-15H,3-6,9-13H2/t15-/m0/s1. The van der Waals surface area contributed by atoms with Gasteiger partial charge in [-0.05, 0) is 43.7 Å². The van der Waals surface area contributed by atoms with E-state index in [-0.39, 0.29) is 30.6 Å². The number of amides is 1. The van der Waals surface area contributed by atoms with Crippen LogP contribution >= 0.6 is 0 Å². The lowest BCUT2D eigenvalue weighted by Gasteiger charge is -2.32. The van der Waals surface area contributed by atoms with E-state index < -0.39 is 27.0 Å². The fourth-order valence-electron chi connectivity index (χ4n) is 4.24. The van der Waals surface area contributed by atoms with Gasteiger partial charge in [0.15, 0.2) is 5.69 Å². The predicted octanol–water partition coefficient (Wildman–Crippen LogP) is 2.51. The summed E-state index contributed by atoms with van der Waals surface area (Å²) >= 11 is 0. The predicted molar refractivity (Wildman–Crippen MR) is 110 cm³/mol. The minimum Gasteiger partial charge on any atom is -0.404 e. The molecule has 2 aliphatic rings. The first-order valence-corrected chi connectivity index (χ1v) is 12.1. The number of hydrogen-bond acceptors (Lipinski definition) is 6. The van der Waals surface area contributed by atoms with Crippen molar-refractivity contribution in [1.82, 2.24) is 24.2 Å². The summed E-state index contributed by atoms with van der Waals surface area (Å²) in [7, 11) is -4.21. The second kappa shape index (κ2) is 9.29. The third kappa shape index (κ3) is 5.46. The molecule has 9 nitrogen and oxygen atoms in total. The molecule has 1 aromatic heterocycles. The number of halogens is 3. The zero-order chi connectivity index (χ0) is 23.6. The maximum atomic E-state index is 13.1. The number of aromatic nitrogens is 3. The van der Waals surface area contributed by atoms with Gasteiger partial charge in [-0.1, -0.05) is 17.3 Å². The topological polar surface area (TPSA) is 97.6 Å². The van der Waals surface area contributed by atoms with E-state index in [0.717, 1.165) is 25.0 Å². The highest BCUT2D eigenvalue weighted by Crippen LogP contribution is 2.33. The van der Waals surface area contributed by atoms with Gasteiger partial charge < -0.3 is 9.64 Å². The molecule has 2 aromatic rings. The minimum atomic E-state index is -5.01. The number of ether oxygens (including phenoxy) is 1. The summed E-state index contributed by atoms with van der Waals surface area (Å²) in [6.45, 7) is 2.03. The number of rotatable bonds is 6. The molecule has 0 unspecified atom stereocenters. The Morgan fingerprint density at radius 3 is 2.58 bits per heavy atom. The molecule has 2 aliphatic heterocycles. The Labute approximate surface area is 189 Å². The first-order valence-electron chi connectivity index (χ1n) is 10.7. The van der Waals surface area contributed by atoms with Crippen LogP contribution in [0.2, 0.25) is 0 Å². The average Bonchev–Trinajstić information content (AvgIpc) is 3.45. The fourth-order valence-corrected chi connectivity index (χ4v) is 5.91. The highest BCUT2D eigenvalue weighted by molar-refractivity contribution is 7.89. The van der Waals surface area contributed by atoms with Crippen LogP contribution in [0.5, 0.6) is 5.75 Å². The largest absolute Gasteiger partial charge is 0.573 e. The van der Waals surface area contributed by atoms with Gasteiger partial charge in [0, 0.05) is 32.7 Å². The van der Waals surface area contributed by atoms with Crippen LogP contribution in [0.4, 0.5) is 13.2 Å². The zero-order valence-corrected chi connectivity index (χ0v) is 18.6. The monoisotopic (exact) mass is 487 g/mol. The van der Waals surface area contributed by atoms with E-state index in [1.165, 1.54) is 21.1 Å². The number of nitrogens with zero attached hydrogens (tertiary/aromatic N) is 5. The quantitative estimate of drug-likeness (QED) is 0.621. The summed E-state index contributed by atoms with van der Waals surface area (Å²) in [4.78, 5) is 13.7. The average molecular weight is 488 g/mol. The molecule has 0 bridgehead atoms. The molecule has 180 valence electrons. The Kier molecular flexibility index (Phi) is 6.61. The van der Waals surface area contributed by atoms with Crippen LogP contribution in [0.1, 0.15) is 36.2 Å². The Morgan fingerprint density at radius 1 is 1.12 bits per heavy atom. The van der Waals surface area contributed by atoms with Crippen molar-refractivity contribution in [3.8, 4) is 5.75 Å². The maximum Gasteiger partial charge on any atom is 0.573 e. The molecule has 0 aliphatic carbocycles. The van der Waals surface area contributed by atoms with Crippen LogP contribution in [0, 0.1) is 5.92 Å². The minimum absolute atomic E-state index is 0.109. The number of piperidine rings is 1. The van der Waals surface area contributed by atoms with Crippen LogP contribution in [0.25, 0.3) is 0 Å². The number of hydrogen-bond donors (Lipinski definition) is 0. The molecule has 33 heavy (non-hydrogen) atoms. The van der Waals surface area contributed by atoms with Crippen LogP contribution < -0.4 is 4.74 Å². The molecule has 0 saturated carbocycles. The van der Waals surface area contributed by atoms with Crippen molar-refractivity contribution in [3.63, 3.8) is 0 Å². The molecule has 3 heterocycles. The molecule has 4 rings (SSSR count). The summed E-state index contributed by atoms with van der Waals surface area (Å²) in [5.74, 6) is -1.07. The number of benzene rings is 1. The van der Waals surface area contributed by atoms with E-state index in [0.29, 0.717) is 32.5 Å². The van der Waals surface area contributed by atoms with Gasteiger partial charge in [-0.3, -0.25) is 9.48 Å². The van der Waals surface area contributed by atoms with Crippen LogP contribution in [0.3, 0.4) is 0 Å². The SMILES string of the molecule is O=C(c1cn(C[C@@H]2CCCN(S(=O)(=O)c3ccccc3OC(F)(F)F)C2)nn1)N1CCCC1. The van der Waals surface area contributed by atoms with Gasteiger partial charge in [0.25, 0.3) is 5.91 Å². The van der Waals surface area contributed by atoms with Crippen molar-refractivity contribution in [1.29, 1.82) is 0 Å². The number of alkyl halides is 3. The summed E-state index contributed by atoms with van der Waals surface area (Å²) < 4.78 is 71.1. The number of para-hydroxylation sites is 1. The van der Waals surface area contributed by atoms with E-state index in [2.05, 4.69) is 15.0 Å². The number of carbonyl (C=O) groups is 1. The van der Waals surface area contributed by atoms with E-state index in [1.807, 2.05) is 0 Å². The second-order valence-corrected chi connectivity index (χ2v) is 10.1. The van der Waals surface area contributed by atoms with Gasteiger partial charge in [-0.15, -0.1) is 18.3 Å². The van der Waals surface area contributed by atoms with E-state index in [9.17, 15) is 26.4 Å². The van der Waals surface area contributed by atoms with E-state index in [1.54, 1.807) is 11.1 Å². The second-order valence-electron chi connectivity index (χ2n) is 8.19. The Hall–Kier alpha value is -2.67. The van der Waals surface area contributed by atoms with E-state index in [4.69, 9.17) is 0 Å². The van der Waals surface area contributed by atoms with Crippen LogP contribution in [-0.4, -0.2) is 71.1 Å². The number of carbonyl (C=O) groups excluding carboxylic acids is 1. The number of sulfonamides is 1. The maximum absolute atomic E-state index is 13.1. The molecule has 0 N–H and O–H groups in total. The van der Waals surface area contributed by atoms with Crippen molar-refractivity contribution in [2.45, 2.75) is 43.5 Å².